The van der Waals surface area contributed by atoms with E-state index >= 15 is 0 Å². The van der Waals surface area contributed by atoms with Crippen molar-refractivity contribution in [2.45, 2.75) is 20.8 Å². The average Bonchev–Trinajstić information content (AvgIpc) is 2.25. The van der Waals surface area contributed by atoms with E-state index in [9.17, 15) is 8.42 Å². The number of hydrogen-bond acceptors (Lipinski definition) is 3. The van der Waals surface area contributed by atoms with Crippen molar-refractivity contribution >= 4 is 15.7 Å². The first kappa shape index (κ1) is 15.5. The van der Waals surface area contributed by atoms with Gasteiger partial charge in [-0.15, -0.1) is 0 Å². The lowest BCUT2D eigenvalue weighted by Crippen LogP contribution is -2.20. The molecule has 5 heteroatoms. The lowest BCUT2D eigenvalue weighted by Gasteiger charge is -2.12. The number of anilines is 1. The minimum Gasteiger partial charge on any atom is -0.384 e. The van der Waals surface area contributed by atoms with E-state index in [1.165, 1.54) is 0 Å². The fraction of sp³-hybridized carbons (Fsp3) is 0.429. The summed E-state index contributed by atoms with van der Waals surface area (Å²) in [5.41, 5.74) is 1.96. The number of aryl methyl sites for hydroxylation is 1. The minimum atomic E-state index is -3.38. The van der Waals surface area contributed by atoms with Crippen LogP contribution < -0.4 is 4.72 Å². The first-order valence-corrected chi connectivity index (χ1v) is 7.70. The maximum Gasteiger partial charge on any atom is 0.233 e. The quantitative estimate of drug-likeness (QED) is 0.826. The zero-order valence-electron chi connectivity index (χ0n) is 11.4. The summed E-state index contributed by atoms with van der Waals surface area (Å²) in [5, 5.41) is 8.71. The monoisotopic (exact) mass is 281 g/mol. The van der Waals surface area contributed by atoms with Gasteiger partial charge in [0.15, 0.2) is 0 Å². The highest BCUT2D eigenvalue weighted by molar-refractivity contribution is 7.92. The van der Waals surface area contributed by atoms with E-state index in [1.807, 2.05) is 26.8 Å². The summed E-state index contributed by atoms with van der Waals surface area (Å²) in [6.45, 7) is 5.32. The van der Waals surface area contributed by atoms with Gasteiger partial charge in [0, 0.05) is 5.56 Å². The van der Waals surface area contributed by atoms with Gasteiger partial charge in [0.2, 0.25) is 10.0 Å². The van der Waals surface area contributed by atoms with Gasteiger partial charge in [0.1, 0.15) is 6.61 Å². The van der Waals surface area contributed by atoms with Gasteiger partial charge < -0.3 is 5.11 Å². The van der Waals surface area contributed by atoms with Gasteiger partial charge in [-0.1, -0.05) is 31.8 Å². The molecule has 104 valence electrons. The van der Waals surface area contributed by atoms with Crippen LogP contribution in [0.3, 0.4) is 0 Å². The third-order valence-corrected chi connectivity index (χ3v) is 3.93. The smallest absolute Gasteiger partial charge is 0.233 e. The largest absolute Gasteiger partial charge is 0.384 e. The number of aliphatic hydroxyl groups excluding tert-OH is 1. The van der Waals surface area contributed by atoms with Crippen LogP contribution in [0.1, 0.15) is 25.0 Å². The van der Waals surface area contributed by atoms with Gasteiger partial charge in [-0.3, -0.25) is 4.72 Å². The molecule has 0 unspecified atom stereocenters. The molecule has 4 nitrogen and oxygen atoms in total. The SMILES string of the molecule is Cc1ccc(C#CCO)c(NS(=O)(=O)CC(C)C)c1. The predicted molar refractivity (Wildman–Crippen MR) is 77.4 cm³/mol. The molecular formula is C14H19NO3S. The molecule has 1 aromatic rings. The third-order valence-electron chi connectivity index (χ3n) is 2.30. The summed E-state index contributed by atoms with van der Waals surface area (Å²) in [5.74, 6) is 5.37. The first-order chi connectivity index (χ1) is 8.84. The zero-order chi connectivity index (χ0) is 14.5. The Hall–Kier alpha value is -1.51. The van der Waals surface area contributed by atoms with E-state index in [2.05, 4.69) is 16.6 Å². The molecule has 0 saturated heterocycles. The molecule has 0 saturated carbocycles. The van der Waals surface area contributed by atoms with Crippen molar-refractivity contribution in [2.75, 3.05) is 17.1 Å². The molecule has 0 fully saturated rings. The number of rotatable bonds is 4. The van der Waals surface area contributed by atoms with Crippen molar-refractivity contribution in [3.05, 3.63) is 29.3 Å². The van der Waals surface area contributed by atoms with E-state index in [4.69, 9.17) is 5.11 Å². The molecule has 2 N–H and O–H groups in total. The predicted octanol–water partition coefficient (Wildman–Crippen LogP) is 1.74. The van der Waals surface area contributed by atoms with Gasteiger partial charge >= 0.3 is 0 Å². The van der Waals surface area contributed by atoms with E-state index in [1.54, 1.807) is 12.1 Å². The molecule has 0 spiro atoms. The second-order valence-corrected chi connectivity index (χ2v) is 6.55. The van der Waals surface area contributed by atoms with Gasteiger partial charge in [0.05, 0.1) is 11.4 Å². The number of nitrogens with one attached hydrogen (secondary N) is 1. The van der Waals surface area contributed by atoms with Crippen LogP contribution in [0.2, 0.25) is 0 Å². The van der Waals surface area contributed by atoms with Crippen LogP contribution in [0.15, 0.2) is 18.2 Å². The summed E-state index contributed by atoms with van der Waals surface area (Å²) in [7, 11) is -3.38. The maximum absolute atomic E-state index is 11.9. The van der Waals surface area contributed by atoms with E-state index in [0.717, 1.165) is 5.56 Å². The Bertz CT molecular complexity index is 595. The van der Waals surface area contributed by atoms with Gasteiger partial charge in [-0.05, 0) is 30.5 Å². The molecule has 0 radical (unpaired) electrons. The maximum atomic E-state index is 11.9. The Balaban J connectivity index is 3.09. The molecule has 0 bridgehead atoms. The second kappa shape index (κ2) is 6.60. The van der Waals surface area contributed by atoms with Crippen molar-refractivity contribution in [3.8, 4) is 11.8 Å². The molecule has 0 aliphatic rings. The third kappa shape index (κ3) is 5.33. The fourth-order valence-electron chi connectivity index (χ4n) is 1.63. The normalized spacial score (nSPS) is 11.0. The van der Waals surface area contributed by atoms with Crippen LogP contribution in [0.25, 0.3) is 0 Å². The number of aliphatic hydroxyl groups is 1. The average molecular weight is 281 g/mol. The Morgan fingerprint density at radius 2 is 2.05 bits per heavy atom. The Kier molecular flexibility index (Phi) is 5.40. The first-order valence-electron chi connectivity index (χ1n) is 6.05. The summed E-state index contributed by atoms with van der Waals surface area (Å²) in [4.78, 5) is 0. The highest BCUT2D eigenvalue weighted by atomic mass is 32.2. The van der Waals surface area contributed by atoms with Crippen molar-refractivity contribution < 1.29 is 13.5 Å². The van der Waals surface area contributed by atoms with Crippen LogP contribution in [0.5, 0.6) is 0 Å². The Labute approximate surface area is 114 Å². The molecule has 0 amide bonds. The summed E-state index contributed by atoms with van der Waals surface area (Å²) < 4.78 is 26.4. The Morgan fingerprint density at radius 1 is 1.37 bits per heavy atom. The second-order valence-electron chi connectivity index (χ2n) is 4.79. The number of hydrogen-bond donors (Lipinski definition) is 2. The number of sulfonamides is 1. The summed E-state index contributed by atoms with van der Waals surface area (Å²) in [6.07, 6.45) is 0. The number of benzene rings is 1. The van der Waals surface area contributed by atoms with Crippen LogP contribution in [0.4, 0.5) is 5.69 Å². The van der Waals surface area contributed by atoms with Gasteiger partial charge in [-0.25, -0.2) is 8.42 Å². The molecular weight excluding hydrogens is 262 g/mol. The van der Waals surface area contributed by atoms with Gasteiger partial charge in [0.25, 0.3) is 0 Å². The van der Waals surface area contributed by atoms with Crippen LogP contribution in [0, 0.1) is 24.7 Å². The molecule has 0 atom stereocenters. The van der Waals surface area contributed by atoms with Crippen LogP contribution in [-0.2, 0) is 10.0 Å². The lowest BCUT2D eigenvalue weighted by molar-refractivity contribution is 0.350. The lowest BCUT2D eigenvalue weighted by atomic mass is 10.1. The van der Waals surface area contributed by atoms with E-state index < -0.39 is 10.0 Å². The minimum absolute atomic E-state index is 0.0503. The molecule has 0 aliphatic heterocycles. The molecule has 1 aromatic carbocycles. The van der Waals surface area contributed by atoms with E-state index in [0.29, 0.717) is 11.3 Å². The van der Waals surface area contributed by atoms with Crippen LogP contribution in [-0.4, -0.2) is 25.9 Å². The zero-order valence-corrected chi connectivity index (χ0v) is 12.2. The Morgan fingerprint density at radius 3 is 2.63 bits per heavy atom. The van der Waals surface area contributed by atoms with Crippen molar-refractivity contribution in [1.29, 1.82) is 0 Å². The molecule has 19 heavy (non-hydrogen) atoms. The topological polar surface area (TPSA) is 66.4 Å². The standard InChI is InChI=1S/C14H19NO3S/c1-11(2)10-19(17,18)15-14-9-12(3)6-7-13(14)5-4-8-16/h6-7,9,11,15-16H,8,10H2,1-3H3. The summed E-state index contributed by atoms with van der Waals surface area (Å²) >= 11 is 0. The fourth-order valence-corrected chi connectivity index (χ4v) is 3.10. The molecule has 0 aliphatic carbocycles. The van der Waals surface area contributed by atoms with Gasteiger partial charge in [-0.2, -0.15) is 0 Å². The molecule has 0 heterocycles. The highest BCUT2D eigenvalue weighted by Gasteiger charge is 2.14. The molecule has 1 rings (SSSR count). The van der Waals surface area contributed by atoms with Crippen molar-refractivity contribution in [2.24, 2.45) is 5.92 Å². The molecule has 0 aromatic heterocycles. The van der Waals surface area contributed by atoms with E-state index in [-0.39, 0.29) is 18.3 Å². The highest BCUT2D eigenvalue weighted by Crippen LogP contribution is 2.18. The van der Waals surface area contributed by atoms with Crippen molar-refractivity contribution in [3.63, 3.8) is 0 Å². The van der Waals surface area contributed by atoms with Crippen LogP contribution >= 0.6 is 0 Å². The summed E-state index contributed by atoms with van der Waals surface area (Å²) in [6, 6.07) is 5.33. The van der Waals surface area contributed by atoms with Crippen molar-refractivity contribution in [1.82, 2.24) is 0 Å².